The Morgan fingerprint density at radius 1 is 0.387 bits per heavy atom. The molecule has 0 heterocycles. The van der Waals surface area contributed by atoms with Crippen molar-refractivity contribution in [3.05, 3.63) is 0 Å². The van der Waals surface area contributed by atoms with Crippen molar-refractivity contribution >= 4 is 0 Å². The van der Waals surface area contributed by atoms with Crippen molar-refractivity contribution in [2.24, 2.45) is 17.3 Å². The molecular weight excluding hydrogens is 372 g/mol. The summed E-state index contributed by atoms with van der Waals surface area (Å²) in [6.45, 7) is 22.9. The minimum atomic E-state index is 0.625. The van der Waals surface area contributed by atoms with E-state index in [1.54, 1.807) is 0 Å². The molecule has 0 heteroatoms. The molecule has 0 aromatic heterocycles. The van der Waals surface area contributed by atoms with E-state index in [9.17, 15) is 0 Å². The van der Waals surface area contributed by atoms with Crippen molar-refractivity contribution in [2.75, 3.05) is 0 Å². The highest BCUT2D eigenvalue weighted by Crippen LogP contribution is 2.28. The third-order valence-electron chi connectivity index (χ3n) is 7.55. The van der Waals surface area contributed by atoms with Crippen LogP contribution in [0.25, 0.3) is 0 Å². The van der Waals surface area contributed by atoms with E-state index >= 15 is 0 Å². The van der Waals surface area contributed by atoms with Crippen LogP contribution in [0.1, 0.15) is 185 Å². The SMILES string of the molecule is CCC(C)(CC)CC.CCCC(CCC)CCC.CCCCC(CCCC)CCCC. The first-order chi connectivity index (χ1) is 14.9. The largest absolute Gasteiger partial charge is 0.0654 e. The maximum Gasteiger partial charge on any atom is -0.0334 e. The standard InChI is InChI=1S/C13H28.C10H22.C8H18/c1-4-7-10-13(11-8-5-2)12-9-6-3;1-4-7-10(8-5-2)9-6-3;1-5-8(4,6-2)7-3/h13H,4-12H2,1-3H3;10H,4-9H2,1-3H3;5-7H2,1-4H3. The summed E-state index contributed by atoms with van der Waals surface area (Å²) in [5.41, 5.74) is 0.625. The molecule has 0 saturated heterocycles. The number of unbranched alkanes of at least 4 members (excludes halogenated alkanes) is 3. The molecule has 0 spiro atoms. The average molecular weight is 441 g/mol. The van der Waals surface area contributed by atoms with Crippen LogP contribution in [0.4, 0.5) is 0 Å². The summed E-state index contributed by atoms with van der Waals surface area (Å²) in [5.74, 6) is 2.07. The summed E-state index contributed by atoms with van der Waals surface area (Å²) in [5, 5.41) is 0. The smallest absolute Gasteiger partial charge is 0.0334 e. The first kappa shape index (κ1) is 35.6. The van der Waals surface area contributed by atoms with E-state index in [-0.39, 0.29) is 0 Å². The molecule has 0 unspecified atom stereocenters. The first-order valence-corrected chi connectivity index (χ1v) is 14.9. The van der Waals surface area contributed by atoms with Gasteiger partial charge in [0.15, 0.2) is 0 Å². The fourth-order valence-electron chi connectivity index (χ4n) is 4.32. The third kappa shape index (κ3) is 26.1. The Bertz CT molecular complexity index is 247. The molecule has 0 radical (unpaired) electrons. The lowest BCUT2D eigenvalue weighted by atomic mass is 9.82. The number of hydrogen-bond acceptors (Lipinski definition) is 0. The van der Waals surface area contributed by atoms with Crippen LogP contribution in [-0.2, 0) is 0 Å². The van der Waals surface area contributed by atoms with Gasteiger partial charge in [0.2, 0.25) is 0 Å². The second-order valence-electron chi connectivity index (χ2n) is 10.4. The number of rotatable bonds is 18. The Kier molecular flexibility index (Phi) is 32.2. The Balaban J connectivity index is -0.000000392. The predicted octanol–water partition coefficient (Wildman–Crippen LogP) is 12.4. The minimum Gasteiger partial charge on any atom is -0.0654 e. The molecule has 31 heavy (non-hydrogen) atoms. The second-order valence-corrected chi connectivity index (χ2v) is 10.4. The van der Waals surface area contributed by atoms with E-state index in [0.29, 0.717) is 5.41 Å². The normalized spacial score (nSPS) is 11.2. The van der Waals surface area contributed by atoms with Gasteiger partial charge in [-0.05, 0) is 17.3 Å². The zero-order valence-corrected chi connectivity index (χ0v) is 24.4. The van der Waals surface area contributed by atoms with Crippen LogP contribution >= 0.6 is 0 Å². The van der Waals surface area contributed by atoms with Crippen molar-refractivity contribution < 1.29 is 0 Å². The van der Waals surface area contributed by atoms with Gasteiger partial charge < -0.3 is 0 Å². The summed E-state index contributed by atoms with van der Waals surface area (Å²) in [4.78, 5) is 0. The second kappa shape index (κ2) is 28.0. The van der Waals surface area contributed by atoms with Crippen LogP contribution in [0.5, 0.6) is 0 Å². The highest BCUT2D eigenvalue weighted by Gasteiger charge is 2.15. The van der Waals surface area contributed by atoms with Crippen LogP contribution in [0.3, 0.4) is 0 Å². The van der Waals surface area contributed by atoms with Crippen LogP contribution in [-0.4, -0.2) is 0 Å². The minimum absolute atomic E-state index is 0.625. The van der Waals surface area contributed by atoms with E-state index < -0.39 is 0 Å². The maximum absolute atomic E-state index is 2.35. The molecule has 0 amide bonds. The van der Waals surface area contributed by atoms with Crippen molar-refractivity contribution in [1.29, 1.82) is 0 Å². The predicted molar refractivity (Wildman–Crippen MR) is 149 cm³/mol. The van der Waals surface area contributed by atoms with Gasteiger partial charge in [-0.3, -0.25) is 0 Å². The summed E-state index contributed by atoms with van der Waals surface area (Å²) < 4.78 is 0. The molecule has 0 bridgehead atoms. The molecule has 192 valence electrons. The summed E-state index contributed by atoms with van der Waals surface area (Å²) in [6.07, 6.45) is 25.3. The maximum atomic E-state index is 2.35. The topological polar surface area (TPSA) is 0 Å². The van der Waals surface area contributed by atoms with Crippen LogP contribution in [0.2, 0.25) is 0 Å². The fraction of sp³-hybridized carbons (Fsp3) is 1.00. The molecule has 0 saturated carbocycles. The van der Waals surface area contributed by atoms with E-state index in [2.05, 4.69) is 69.2 Å². The van der Waals surface area contributed by atoms with Gasteiger partial charge in [-0.1, -0.05) is 185 Å². The third-order valence-corrected chi connectivity index (χ3v) is 7.55. The Morgan fingerprint density at radius 3 is 0.806 bits per heavy atom. The van der Waals surface area contributed by atoms with Gasteiger partial charge >= 0.3 is 0 Å². The molecule has 0 aliphatic heterocycles. The van der Waals surface area contributed by atoms with Gasteiger partial charge in [0, 0.05) is 0 Å². The van der Waals surface area contributed by atoms with Gasteiger partial charge in [0.25, 0.3) is 0 Å². The van der Waals surface area contributed by atoms with Crippen LogP contribution in [0, 0.1) is 17.3 Å². The molecular formula is C31H68. The van der Waals surface area contributed by atoms with Gasteiger partial charge in [-0.15, -0.1) is 0 Å². The van der Waals surface area contributed by atoms with Crippen molar-refractivity contribution in [2.45, 2.75) is 185 Å². The van der Waals surface area contributed by atoms with Crippen molar-refractivity contribution in [3.63, 3.8) is 0 Å². The van der Waals surface area contributed by atoms with Crippen LogP contribution in [0.15, 0.2) is 0 Å². The molecule has 0 aromatic carbocycles. The van der Waals surface area contributed by atoms with Gasteiger partial charge in [-0.2, -0.15) is 0 Å². The van der Waals surface area contributed by atoms with Crippen molar-refractivity contribution in [1.82, 2.24) is 0 Å². The molecule has 0 fully saturated rings. The van der Waals surface area contributed by atoms with Gasteiger partial charge in [0.05, 0.1) is 0 Å². The van der Waals surface area contributed by atoms with Crippen molar-refractivity contribution in [3.8, 4) is 0 Å². The highest BCUT2D eigenvalue weighted by molar-refractivity contribution is 4.67. The lowest BCUT2D eigenvalue weighted by molar-refractivity contribution is 0.286. The number of hydrogen-bond donors (Lipinski definition) is 0. The molecule has 0 nitrogen and oxygen atoms in total. The summed E-state index contributed by atoms with van der Waals surface area (Å²) in [6, 6.07) is 0. The van der Waals surface area contributed by atoms with Gasteiger partial charge in [0.1, 0.15) is 0 Å². The van der Waals surface area contributed by atoms with E-state index in [0.717, 1.165) is 11.8 Å². The molecule has 0 rings (SSSR count). The Morgan fingerprint density at radius 2 is 0.645 bits per heavy atom. The molecule has 0 N–H and O–H groups in total. The fourth-order valence-corrected chi connectivity index (χ4v) is 4.32. The zero-order chi connectivity index (χ0) is 24.4. The molecule has 0 aliphatic rings. The Hall–Kier alpha value is 0. The van der Waals surface area contributed by atoms with E-state index in [1.165, 1.54) is 116 Å². The molecule has 0 aliphatic carbocycles. The quantitative estimate of drug-likeness (QED) is 0.199. The summed E-state index contributed by atoms with van der Waals surface area (Å²) in [7, 11) is 0. The monoisotopic (exact) mass is 441 g/mol. The average Bonchev–Trinajstić information content (AvgIpc) is 2.79. The molecule has 0 aromatic rings. The summed E-state index contributed by atoms with van der Waals surface area (Å²) >= 11 is 0. The highest BCUT2D eigenvalue weighted by atomic mass is 14.2. The zero-order valence-electron chi connectivity index (χ0n) is 24.4. The lowest BCUT2D eigenvalue weighted by Crippen LogP contribution is -2.10. The van der Waals surface area contributed by atoms with Gasteiger partial charge in [-0.25, -0.2) is 0 Å². The van der Waals surface area contributed by atoms with E-state index in [1.807, 2.05) is 0 Å². The van der Waals surface area contributed by atoms with Crippen LogP contribution < -0.4 is 0 Å². The van der Waals surface area contributed by atoms with E-state index in [4.69, 9.17) is 0 Å². The molecule has 0 atom stereocenters. The first-order valence-electron chi connectivity index (χ1n) is 14.9. The Labute approximate surface area is 202 Å². The lowest BCUT2D eigenvalue weighted by Gasteiger charge is -2.23.